The van der Waals surface area contributed by atoms with Gasteiger partial charge in [-0.3, -0.25) is 14.9 Å². The number of hydrogen-bond donors (Lipinski definition) is 2. The van der Waals surface area contributed by atoms with Gasteiger partial charge in [0.15, 0.2) is 0 Å². The zero-order valence-electron chi connectivity index (χ0n) is 27.1. The number of rotatable bonds is 9. The number of nitrogens with zero attached hydrogens (tertiary/aromatic N) is 8. The molecular weight excluding hydrogens is 667 g/mol. The molecule has 12 nitrogen and oxygen atoms in total. The first-order chi connectivity index (χ1) is 22.1. The highest BCUT2D eigenvalue weighted by atomic mass is 79.9. The van der Waals surface area contributed by atoms with Crippen LogP contribution in [-0.4, -0.2) is 108 Å². The molecule has 2 aliphatic rings. The molecule has 0 spiro atoms. The van der Waals surface area contributed by atoms with Gasteiger partial charge < -0.3 is 29.7 Å². The van der Waals surface area contributed by atoms with E-state index >= 15 is 0 Å². The minimum Gasteiger partial charge on any atom is -0.479 e. The van der Waals surface area contributed by atoms with Crippen molar-refractivity contribution in [3.05, 3.63) is 46.8 Å². The Kier molecular flexibility index (Phi) is 9.75. The molecule has 14 heteroatoms. The third-order valence-electron chi connectivity index (χ3n) is 8.83. The van der Waals surface area contributed by atoms with Crippen LogP contribution in [0.15, 0.2) is 41.3 Å². The average molecular weight is 710 g/mol. The van der Waals surface area contributed by atoms with E-state index in [1.807, 2.05) is 12.1 Å². The molecule has 0 amide bonds. The Morgan fingerprint density at radius 3 is 2.41 bits per heavy atom. The first kappa shape index (κ1) is 32.6. The SMILES string of the molecule is CCc1cc(Nc2ncc(Br)c(Nc3ccc4nccnc4c3P(C)(C)=O)n2)c(OC)nc1N1CCC(N2CCN(C)CC2)CC1. The lowest BCUT2D eigenvalue weighted by molar-refractivity contribution is 0.0981. The van der Waals surface area contributed by atoms with E-state index in [2.05, 4.69) is 76.3 Å². The van der Waals surface area contributed by atoms with Gasteiger partial charge in [-0.05, 0) is 79.3 Å². The number of aryl methyl sites for hydroxylation is 1. The van der Waals surface area contributed by atoms with Gasteiger partial charge in [-0.15, -0.1) is 0 Å². The minimum atomic E-state index is -2.74. The number of ether oxygens (including phenoxy) is 1. The summed E-state index contributed by atoms with van der Waals surface area (Å²) in [5.41, 5.74) is 3.78. The van der Waals surface area contributed by atoms with Crippen molar-refractivity contribution < 1.29 is 9.30 Å². The van der Waals surface area contributed by atoms with Gasteiger partial charge in [-0.2, -0.15) is 9.97 Å². The molecule has 1 aromatic carbocycles. The quantitative estimate of drug-likeness (QED) is 0.225. The molecular formula is C32H42BrN10O2P. The number of piperidine rings is 1. The predicted molar refractivity (Wildman–Crippen MR) is 189 cm³/mol. The van der Waals surface area contributed by atoms with Gasteiger partial charge in [0.1, 0.15) is 30.0 Å². The van der Waals surface area contributed by atoms with Crippen molar-refractivity contribution >= 4 is 68.4 Å². The second-order valence-corrected chi connectivity index (χ2v) is 16.3. The molecule has 0 aliphatic carbocycles. The van der Waals surface area contributed by atoms with E-state index in [-0.39, 0.29) is 0 Å². The van der Waals surface area contributed by atoms with Gasteiger partial charge in [-0.25, -0.2) is 4.98 Å². The molecule has 0 unspecified atom stereocenters. The Bertz CT molecular complexity index is 1750. The van der Waals surface area contributed by atoms with E-state index in [1.165, 1.54) is 0 Å². The molecule has 6 rings (SSSR count). The van der Waals surface area contributed by atoms with Crippen LogP contribution in [0, 0.1) is 0 Å². The van der Waals surface area contributed by atoms with E-state index < -0.39 is 7.14 Å². The first-order valence-corrected chi connectivity index (χ1v) is 19.1. The Balaban J connectivity index is 1.23. The molecule has 0 atom stereocenters. The molecule has 0 radical (unpaired) electrons. The van der Waals surface area contributed by atoms with E-state index in [0.717, 1.165) is 69.9 Å². The lowest BCUT2D eigenvalue weighted by atomic mass is 10.0. The lowest BCUT2D eigenvalue weighted by Crippen LogP contribution is -2.52. The van der Waals surface area contributed by atoms with E-state index in [9.17, 15) is 4.57 Å². The number of fused-ring (bicyclic) bond motifs is 1. The molecule has 5 heterocycles. The molecule has 0 bridgehead atoms. The summed E-state index contributed by atoms with van der Waals surface area (Å²) >= 11 is 3.57. The number of aromatic nitrogens is 5. The fourth-order valence-electron chi connectivity index (χ4n) is 6.37. The zero-order chi connectivity index (χ0) is 32.4. The van der Waals surface area contributed by atoms with Crippen molar-refractivity contribution in [3.8, 4) is 5.88 Å². The van der Waals surface area contributed by atoms with Crippen LogP contribution in [0.5, 0.6) is 5.88 Å². The summed E-state index contributed by atoms with van der Waals surface area (Å²) in [6, 6.07) is 6.45. The van der Waals surface area contributed by atoms with Crippen LogP contribution in [0.3, 0.4) is 0 Å². The number of pyridine rings is 1. The van der Waals surface area contributed by atoms with Crippen LogP contribution in [0.2, 0.25) is 0 Å². The summed E-state index contributed by atoms with van der Waals surface area (Å²) in [5, 5.41) is 7.32. The molecule has 2 saturated heterocycles. The highest BCUT2D eigenvalue weighted by molar-refractivity contribution is 9.10. The number of anilines is 5. The van der Waals surface area contributed by atoms with Gasteiger partial charge in [0.2, 0.25) is 11.8 Å². The fourth-order valence-corrected chi connectivity index (χ4v) is 8.05. The number of nitrogens with one attached hydrogen (secondary N) is 2. The smallest absolute Gasteiger partial charge is 0.239 e. The molecule has 2 fully saturated rings. The van der Waals surface area contributed by atoms with Gasteiger partial charge in [-0.1, -0.05) is 6.92 Å². The van der Waals surface area contributed by atoms with E-state index in [1.54, 1.807) is 39.0 Å². The van der Waals surface area contributed by atoms with Crippen molar-refractivity contribution in [2.24, 2.45) is 0 Å². The largest absolute Gasteiger partial charge is 0.479 e. The molecule has 3 aromatic heterocycles. The van der Waals surface area contributed by atoms with Crippen LogP contribution in [0.1, 0.15) is 25.3 Å². The maximum Gasteiger partial charge on any atom is 0.239 e. The maximum absolute atomic E-state index is 13.4. The molecule has 244 valence electrons. The van der Waals surface area contributed by atoms with Crippen LogP contribution < -0.4 is 25.6 Å². The van der Waals surface area contributed by atoms with Gasteiger partial charge in [0.05, 0.1) is 28.1 Å². The maximum atomic E-state index is 13.4. The highest BCUT2D eigenvalue weighted by Gasteiger charge is 2.29. The third kappa shape index (κ3) is 6.97. The predicted octanol–water partition coefficient (Wildman–Crippen LogP) is 5.10. The van der Waals surface area contributed by atoms with Gasteiger partial charge in [0, 0.05) is 63.9 Å². The number of methoxy groups -OCH3 is 1. The zero-order valence-corrected chi connectivity index (χ0v) is 29.6. The third-order valence-corrected chi connectivity index (χ3v) is 10.9. The molecule has 4 aromatic rings. The Morgan fingerprint density at radius 2 is 1.72 bits per heavy atom. The van der Waals surface area contributed by atoms with Gasteiger partial charge >= 0.3 is 0 Å². The normalized spacial score (nSPS) is 17.0. The molecule has 46 heavy (non-hydrogen) atoms. The summed E-state index contributed by atoms with van der Waals surface area (Å²) < 4.78 is 19.8. The summed E-state index contributed by atoms with van der Waals surface area (Å²) in [4.78, 5) is 30.6. The minimum absolute atomic E-state index is 0.368. The second kappa shape index (κ2) is 13.8. The van der Waals surface area contributed by atoms with Crippen molar-refractivity contribution in [2.45, 2.75) is 32.2 Å². The van der Waals surface area contributed by atoms with Crippen LogP contribution in [0.25, 0.3) is 11.0 Å². The fraction of sp³-hybridized carbons (Fsp3) is 0.469. The average Bonchev–Trinajstić information content (AvgIpc) is 3.06. The Hall–Kier alpha value is -3.38. The lowest BCUT2D eigenvalue weighted by Gasteiger charge is -2.42. The Morgan fingerprint density at radius 1 is 0.978 bits per heavy atom. The van der Waals surface area contributed by atoms with Crippen molar-refractivity contribution in [1.29, 1.82) is 0 Å². The number of benzene rings is 1. The second-order valence-electron chi connectivity index (χ2n) is 12.3. The van der Waals surface area contributed by atoms with Crippen molar-refractivity contribution in [3.63, 3.8) is 0 Å². The van der Waals surface area contributed by atoms with Gasteiger partial charge in [0.25, 0.3) is 0 Å². The standard InChI is InChI=1S/C32H42BrN10O2P/c1-6-21-19-26(31(45-3)40-30(21)43-13-9-22(10-14-43)42-17-15-41(2)16-18-42)38-32-36-20-23(33)29(39-32)37-25-8-7-24-27(35-12-11-34-24)28(25)46(4,5)44/h7-8,11-12,19-20,22H,6,9-10,13-18H2,1-5H3,(H2,36,37,38,39). The van der Waals surface area contributed by atoms with Crippen LogP contribution in [0.4, 0.5) is 29.0 Å². The topological polar surface area (TPSA) is 125 Å². The van der Waals surface area contributed by atoms with E-state index in [0.29, 0.717) is 55.9 Å². The Labute approximate surface area is 278 Å². The molecule has 2 N–H and O–H groups in total. The highest BCUT2D eigenvalue weighted by Crippen LogP contribution is 2.41. The summed E-state index contributed by atoms with van der Waals surface area (Å²) in [5.74, 6) is 2.35. The molecule has 2 aliphatic heterocycles. The summed E-state index contributed by atoms with van der Waals surface area (Å²) in [7, 11) is 1.10. The van der Waals surface area contributed by atoms with Crippen molar-refractivity contribution in [2.75, 3.05) is 82.3 Å². The monoisotopic (exact) mass is 708 g/mol. The first-order valence-electron chi connectivity index (χ1n) is 15.8. The van der Waals surface area contributed by atoms with E-state index in [4.69, 9.17) is 14.7 Å². The number of likely N-dealkylation sites (N-methyl/N-ethyl adjacent to an activating group) is 1. The summed E-state index contributed by atoms with van der Waals surface area (Å²) in [6.45, 7) is 12.2. The number of piperazine rings is 1. The number of hydrogen-bond acceptors (Lipinski definition) is 12. The number of halogens is 1. The summed E-state index contributed by atoms with van der Waals surface area (Å²) in [6.07, 6.45) is 8.02. The van der Waals surface area contributed by atoms with Crippen molar-refractivity contribution in [1.82, 2.24) is 34.7 Å². The van der Waals surface area contributed by atoms with Crippen LogP contribution in [-0.2, 0) is 11.0 Å². The van der Waals surface area contributed by atoms with Crippen LogP contribution >= 0.6 is 23.1 Å². The molecule has 0 saturated carbocycles.